The summed E-state index contributed by atoms with van der Waals surface area (Å²) in [6, 6.07) is 9.83. The Labute approximate surface area is 204 Å². The second-order valence-corrected chi connectivity index (χ2v) is 9.72. The fourth-order valence-electron chi connectivity index (χ4n) is 5.41. The second-order valence-electron chi connectivity index (χ2n) is 9.72. The average molecular weight is 476 g/mol. The van der Waals surface area contributed by atoms with E-state index in [0.29, 0.717) is 17.7 Å². The molecule has 0 radical (unpaired) electrons. The minimum atomic E-state index is -0.506. The van der Waals surface area contributed by atoms with Gasteiger partial charge in [-0.15, -0.1) is 0 Å². The third-order valence-corrected chi connectivity index (χ3v) is 7.30. The molecular weight excluding hydrogens is 442 g/mol. The van der Waals surface area contributed by atoms with Crippen molar-refractivity contribution in [1.29, 1.82) is 0 Å². The first-order valence-corrected chi connectivity index (χ1v) is 12.8. The number of carbonyl (C=O) groups is 1. The number of benzene rings is 1. The topological polar surface area (TPSA) is 90.9 Å². The molecule has 0 spiro atoms. The van der Waals surface area contributed by atoms with Crippen LogP contribution in [-0.4, -0.2) is 31.1 Å². The normalized spacial score (nSPS) is 16.5. The number of hydrogen-bond acceptors (Lipinski definition) is 4. The van der Waals surface area contributed by atoms with Gasteiger partial charge in [0.05, 0.1) is 12.9 Å². The molecular formula is C27H33N5O3. The molecule has 2 aromatic heterocycles. The molecule has 5 rings (SSSR count). The van der Waals surface area contributed by atoms with Crippen molar-refractivity contribution in [2.24, 2.45) is 0 Å². The summed E-state index contributed by atoms with van der Waals surface area (Å²) in [6.45, 7) is 0.505. The molecule has 0 saturated heterocycles. The van der Waals surface area contributed by atoms with Crippen molar-refractivity contribution in [2.45, 2.75) is 76.9 Å². The zero-order valence-electron chi connectivity index (χ0n) is 20.1. The van der Waals surface area contributed by atoms with Gasteiger partial charge in [-0.05, 0) is 50.5 Å². The maximum absolute atomic E-state index is 13.5. The van der Waals surface area contributed by atoms with Gasteiger partial charge in [-0.3, -0.25) is 14.2 Å². The van der Waals surface area contributed by atoms with E-state index in [-0.39, 0.29) is 25.0 Å². The van der Waals surface area contributed by atoms with Crippen LogP contribution in [-0.2, 0) is 17.9 Å². The van der Waals surface area contributed by atoms with Crippen molar-refractivity contribution in [3.05, 3.63) is 74.7 Å². The number of allylic oxidation sites excluding steroid dienone is 1. The molecule has 35 heavy (non-hydrogen) atoms. The Balaban J connectivity index is 1.46. The summed E-state index contributed by atoms with van der Waals surface area (Å²) >= 11 is 0. The molecule has 1 N–H and O–H groups in total. The number of nitrogens with one attached hydrogen (secondary N) is 1. The maximum atomic E-state index is 13.5. The highest BCUT2D eigenvalue weighted by atomic mass is 16.2. The molecule has 1 fully saturated rings. The van der Waals surface area contributed by atoms with Gasteiger partial charge in [0.2, 0.25) is 5.91 Å². The predicted molar refractivity (Wildman–Crippen MR) is 135 cm³/mol. The quantitative estimate of drug-likeness (QED) is 0.505. The predicted octanol–water partition coefficient (Wildman–Crippen LogP) is 3.53. The molecule has 3 aromatic rings. The number of aromatic nitrogens is 4. The van der Waals surface area contributed by atoms with Crippen LogP contribution in [0.15, 0.2) is 57.9 Å². The molecule has 8 nitrogen and oxygen atoms in total. The lowest BCUT2D eigenvalue weighted by molar-refractivity contribution is -0.121. The average Bonchev–Trinajstić information content (AvgIpc) is 3.56. The van der Waals surface area contributed by atoms with Gasteiger partial charge in [0.15, 0.2) is 11.2 Å². The zero-order chi connectivity index (χ0) is 24.2. The van der Waals surface area contributed by atoms with Gasteiger partial charge in [-0.2, -0.15) is 0 Å². The zero-order valence-corrected chi connectivity index (χ0v) is 20.1. The molecule has 0 atom stereocenters. The minimum Gasteiger partial charge on any atom is -0.354 e. The number of imidazole rings is 1. The molecule has 8 heteroatoms. The third-order valence-electron chi connectivity index (χ3n) is 7.30. The second kappa shape index (κ2) is 10.5. The van der Waals surface area contributed by atoms with Crippen molar-refractivity contribution < 1.29 is 4.79 Å². The smallest absolute Gasteiger partial charge is 0.333 e. The van der Waals surface area contributed by atoms with Crippen LogP contribution in [0.25, 0.3) is 11.2 Å². The molecule has 1 amide bonds. The van der Waals surface area contributed by atoms with E-state index in [4.69, 9.17) is 0 Å². The summed E-state index contributed by atoms with van der Waals surface area (Å²) in [4.78, 5) is 44.3. The van der Waals surface area contributed by atoms with Gasteiger partial charge in [-0.1, -0.05) is 54.8 Å². The van der Waals surface area contributed by atoms with Gasteiger partial charge in [0.25, 0.3) is 5.56 Å². The van der Waals surface area contributed by atoms with E-state index in [0.717, 1.165) is 55.1 Å². The first-order valence-electron chi connectivity index (χ1n) is 12.8. The van der Waals surface area contributed by atoms with Crippen LogP contribution in [0.3, 0.4) is 0 Å². The van der Waals surface area contributed by atoms with E-state index < -0.39 is 11.2 Å². The van der Waals surface area contributed by atoms with Crippen molar-refractivity contribution in [3.8, 4) is 0 Å². The van der Waals surface area contributed by atoms with Crippen molar-refractivity contribution in [1.82, 2.24) is 24.0 Å². The molecule has 2 aliphatic carbocycles. The summed E-state index contributed by atoms with van der Waals surface area (Å²) in [7, 11) is 0. The Kier molecular flexibility index (Phi) is 6.97. The van der Waals surface area contributed by atoms with E-state index in [2.05, 4.69) is 16.4 Å². The van der Waals surface area contributed by atoms with Crippen LogP contribution < -0.4 is 16.6 Å². The van der Waals surface area contributed by atoms with Crippen LogP contribution in [0, 0.1) is 0 Å². The molecule has 2 aliphatic rings. The van der Waals surface area contributed by atoms with Crippen molar-refractivity contribution >= 4 is 17.1 Å². The van der Waals surface area contributed by atoms with Crippen LogP contribution >= 0.6 is 0 Å². The van der Waals surface area contributed by atoms with Crippen molar-refractivity contribution in [3.63, 3.8) is 0 Å². The lowest BCUT2D eigenvalue weighted by Crippen LogP contribution is -2.44. The number of fused-ring (bicyclic) bond motifs is 1. The van der Waals surface area contributed by atoms with Gasteiger partial charge in [0, 0.05) is 12.6 Å². The first-order chi connectivity index (χ1) is 17.1. The Morgan fingerprint density at radius 2 is 1.83 bits per heavy atom. The monoisotopic (exact) mass is 475 g/mol. The molecule has 184 valence electrons. The van der Waals surface area contributed by atoms with Gasteiger partial charge in [0.1, 0.15) is 6.54 Å². The summed E-state index contributed by atoms with van der Waals surface area (Å²) in [5.41, 5.74) is 2.16. The highest BCUT2D eigenvalue weighted by molar-refractivity contribution is 5.76. The van der Waals surface area contributed by atoms with Gasteiger partial charge >= 0.3 is 5.69 Å². The Bertz CT molecular complexity index is 1340. The van der Waals surface area contributed by atoms with Gasteiger partial charge < -0.3 is 9.88 Å². The molecule has 1 saturated carbocycles. The molecule has 0 unspecified atom stereocenters. The summed E-state index contributed by atoms with van der Waals surface area (Å²) in [6.07, 6.45) is 13.6. The maximum Gasteiger partial charge on any atom is 0.333 e. The fourth-order valence-corrected chi connectivity index (χ4v) is 5.41. The fraction of sp³-hybridized carbons (Fsp3) is 0.481. The summed E-state index contributed by atoms with van der Waals surface area (Å²) in [5, 5.41) is 2.90. The highest BCUT2D eigenvalue weighted by Gasteiger charge is 2.25. The number of hydrogen-bond donors (Lipinski definition) is 1. The lowest BCUT2D eigenvalue weighted by Gasteiger charge is -2.16. The molecule has 0 bridgehead atoms. The van der Waals surface area contributed by atoms with Crippen LogP contribution in [0.2, 0.25) is 0 Å². The van der Waals surface area contributed by atoms with E-state index in [1.807, 2.05) is 34.9 Å². The summed E-state index contributed by atoms with van der Waals surface area (Å²) in [5.74, 6) is -0.321. The van der Waals surface area contributed by atoms with E-state index in [1.165, 1.54) is 23.0 Å². The highest BCUT2D eigenvalue weighted by Crippen LogP contribution is 2.31. The number of carbonyl (C=O) groups excluding carboxylic acids is 1. The molecule has 1 aromatic carbocycles. The Hall–Kier alpha value is -3.42. The van der Waals surface area contributed by atoms with Crippen LogP contribution in [0.4, 0.5) is 0 Å². The number of amides is 1. The first kappa shape index (κ1) is 23.3. The van der Waals surface area contributed by atoms with E-state index in [9.17, 15) is 14.4 Å². The third kappa shape index (κ3) is 5.01. The van der Waals surface area contributed by atoms with Crippen LogP contribution in [0.1, 0.15) is 69.4 Å². The number of rotatable bonds is 8. The van der Waals surface area contributed by atoms with Crippen LogP contribution in [0.5, 0.6) is 0 Å². The summed E-state index contributed by atoms with van der Waals surface area (Å²) < 4.78 is 4.53. The Morgan fingerprint density at radius 1 is 1.03 bits per heavy atom. The SMILES string of the molecule is O=C(Cn1c(=O)c2c(ncn2C2CCCC2)n(Cc2ccccc2)c1=O)NCCC1=CCCCC1. The molecule has 0 aliphatic heterocycles. The minimum absolute atomic E-state index is 0.196. The van der Waals surface area contributed by atoms with Gasteiger partial charge in [-0.25, -0.2) is 14.3 Å². The molecule has 2 heterocycles. The largest absolute Gasteiger partial charge is 0.354 e. The van der Waals surface area contributed by atoms with E-state index >= 15 is 0 Å². The lowest BCUT2D eigenvalue weighted by atomic mass is 9.97. The van der Waals surface area contributed by atoms with Crippen molar-refractivity contribution in [2.75, 3.05) is 6.54 Å². The van der Waals surface area contributed by atoms with E-state index in [1.54, 1.807) is 6.33 Å². The standard InChI is InChI=1S/C27H33N5O3/c33-23(28-16-15-20-9-3-1-4-10-20)18-31-26(34)24-25(29-19-32(24)22-13-7-8-14-22)30(27(31)35)17-21-11-5-2-6-12-21/h2,5-6,9,11-12,19,22H,1,3-4,7-8,10,13-18H2,(H,28,33). The Morgan fingerprint density at radius 3 is 2.57 bits per heavy atom. The number of nitrogens with zero attached hydrogens (tertiary/aromatic N) is 4.